The SMILES string of the molecule is CCCCC(CC)CC(=O)C1Sc2cscc2C1F. The van der Waals surface area contributed by atoms with E-state index in [-0.39, 0.29) is 5.78 Å². The maximum Gasteiger partial charge on any atom is 0.149 e. The molecule has 1 aromatic rings. The molecule has 0 amide bonds. The molecular weight excluding hydrogens is 279 g/mol. The van der Waals surface area contributed by atoms with E-state index in [1.165, 1.54) is 23.1 Å². The number of rotatable bonds is 7. The minimum atomic E-state index is -1.09. The van der Waals surface area contributed by atoms with Crippen molar-refractivity contribution in [3.05, 3.63) is 16.3 Å². The third kappa shape index (κ3) is 3.40. The van der Waals surface area contributed by atoms with Crippen molar-refractivity contribution in [2.24, 2.45) is 5.92 Å². The molecule has 19 heavy (non-hydrogen) atoms. The Balaban J connectivity index is 1.92. The number of fused-ring (bicyclic) bond motifs is 1. The first-order chi connectivity index (χ1) is 9.17. The molecule has 0 aliphatic carbocycles. The van der Waals surface area contributed by atoms with Crippen LogP contribution in [-0.2, 0) is 4.79 Å². The third-order valence-corrected chi connectivity index (χ3v) is 6.10. The van der Waals surface area contributed by atoms with Crippen LogP contribution in [0.25, 0.3) is 0 Å². The Bertz CT molecular complexity index is 430. The quantitative estimate of drug-likeness (QED) is 0.670. The number of ketones is 1. The van der Waals surface area contributed by atoms with E-state index in [4.69, 9.17) is 0 Å². The van der Waals surface area contributed by atoms with E-state index in [0.29, 0.717) is 12.3 Å². The number of thiophene rings is 1. The van der Waals surface area contributed by atoms with Gasteiger partial charge in [-0.1, -0.05) is 39.5 Å². The zero-order chi connectivity index (χ0) is 13.8. The molecular formula is C15H21FOS2. The lowest BCUT2D eigenvalue weighted by Crippen LogP contribution is -2.22. The molecule has 0 bridgehead atoms. The van der Waals surface area contributed by atoms with Crippen LogP contribution in [0.2, 0.25) is 0 Å². The number of carbonyl (C=O) groups excluding carboxylic acids is 1. The van der Waals surface area contributed by atoms with Gasteiger partial charge in [0, 0.05) is 22.3 Å². The Hall–Kier alpha value is -0.350. The first-order valence-corrected chi connectivity index (χ1v) is 8.89. The molecule has 2 heterocycles. The number of unbranched alkanes of at least 4 members (excludes halogenated alkanes) is 1. The van der Waals surface area contributed by atoms with Gasteiger partial charge >= 0.3 is 0 Å². The van der Waals surface area contributed by atoms with Gasteiger partial charge < -0.3 is 0 Å². The largest absolute Gasteiger partial charge is 0.298 e. The van der Waals surface area contributed by atoms with Gasteiger partial charge in [0.2, 0.25) is 0 Å². The summed E-state index contributed by atoms with van der Waals surface area (Å²) in [6.45, 7) is 4.29. The molecule has 1 nitrogen and oxygen atoms in total. The number of hydrogen-bond acceptors (Lipinski definition) is 3. The van der Waals surface area contributed by atoms with E-state index in [9.17, 15) is 9.18 Å². The normalized spacial score (nSPS) is 23.3. The molecule has 0 saturated heterocycles. The van der Waals surface area contributed by atoms with Crippen molar-refractivity contribution in [2.75, 3.05) is 0 Å². The average molecular weight is 300 g/mol. The summed E-state index contributed by atoms with van der Waals surface area (Å²) in [7, 11) is 0. The zero-order valence-corrected chi connectivity index (χ0v) is 13.2. The van der Waals surface area contributed by atoms with Crippen LogP contribution in [0, 0.1) is 5.92 Å². The Morgan fingerprint density at radius 3 is 2.84 bits per heavy atom. The van der Waals surface area contributed by atoms with E-state index >= 15 is 0 Å². The lowest BCUT2D eigenvalue weighted by molar-refractivity contribution is -0.120. The Kier molecular flexibility index (Phi) is 5.46. The van der Waals surface area contributed by atoms with Crippen LogP contribution in [0.5, 0.6) is 0 Å². The van der Waals surface area contributed by atoms with Gasteiger partial charge in [-0.05, 0) is 11.3 Å². The molecule has 3 unspecified atom stereocenters. The lowest BCUT2D eigenvalue weighted by atomic mass is 9.92. The zero-order valence-electron chi connectivity index (χ0n) is 11.5. The number of thioether (sulfide) groups is 1. The van der Waals surface area contributed by atoms with Crippen molar-refractivity contribution >= 4 is 28.9 Å². The van der Waals surface area contributed by atoms with Crippen molar-refractivity contribution in [3.63, 3.8) is 0 Å². The molecule has 3 atom stereocenters. The maximum absolute atomic E-state index is 14.2. The van der Waals surface area contributed by atoms with Gasteiger partial charge in [-0.2, -0.15) is 11.3 Å². The Labute approximate surface area is 123 Å². The highest BCUT2D eigenvalue weighted by molar-refractivity contribution is 8.01. The van der Waals surface area contributed by atoms with E-state index in [1.54, 1.807) is 0 Å². The van der Waals surface area contributed by atoms with Crippen LogP contribution in [0.3, 0.4) is 0 Å². The predicted octanol–water partition coefficient (Wildman–Crippen LogP) is 5.41. The summed E-state index contributed by atoms with van der Waals surface area (Å²) in [5, 5.41) is 3.30. The standard InChI is InChI=1S/C15H21FOS2/c1-3-5-6-10(4-2)7-12(17)15-14(16)11-8-18-9-13(11)19-15/h8-10,14-15H,3-7H2,1-2H3. The molecule has 1 aromatic heterocycles. The van der Waals surface area contributed by atoms with E-state index in [0.717, 1.165) is 36.1 Å². The predicted molar refractivity (Wildman–Crippen MR) is 80.7 cm³/mol. The van der Waals surface area contributed by atoms with Gasteiger partial charge in [0.15, 0.2) is 0 Å². The summed E-state index contributed by atoms with van der Waals surface area (Å²) in [6, 6.07) is 0. The number of alkyl halides is 1. The molecule has 1 aliphatic rings. The van der Waals surface area contributed by atoms with Crippen LogP contribution in [-0.4, -0.2) is 11.0 Å². The van der Waals surface area contributed by atoms with Gasteiger partial charge in [0.05, 0.1) is 0 Å². The molecule has 0 saturated carbocycles. The fraction of sp³-hybridized carbons (Fsp3) is 0.667. The first kappa shape index (κ1) is 15.0. The van der Waals surface area contributed by atoms with Crippen LogP contribution in [0.4, 0.5) is 4.39 Å². The van der Waals surface area contributed by atoms with Gasteiger partial charge in [0.1, 0.15) is 17.2 Å². The summed E-state index contributed by atoms with van der Waals surface area (Å²) in [5.41, 5.74) is 0.731. The monoisotopic (exact) mass is 300 g/mol. The highest BCUT2D eigenvalue weighted by Gasteiger charge is 2.39. The molecule has 2 rings (SSSR count). The van der Waals surface area contributed by atoms with Crippen molar-refractivity contribution in [3.8, 4) is 0 Å². The fourth-order valence-corrected chi connectivity index (χ4v) is 4.79. The minimum Gasteiger partial charge on any atom is -0.298 e. The number of carbonyl (C=O) groups is 1. The van der Waals surface area contributed by atoms with Crippen LogP contribution in [0.1, 0.15) is 57.7 Å². The molecule has 0 aromatic carbocycles. The molecule has 4 heteroatoms. The second kappa shape index (κ2) is 6.89. The number of Topliss-reactive ketones (excluding diaryl/α,β-unsaturated/α-hetero) is 1. The maximum atomic E-state index is 14.2. The third-order valence-electron chi connectivity index (χ3n) is 3.82. The summed E-state index contributed by atoms with van der Waals surface area (Å²) in [4.78, 5) is 13.3. The summed E-state index contributed by atoms with van der Waals surface area (Å²) in [6.07, 6.45) is 3.88. The van der Waals surface area contributed by atoms with Gasteiger partial charge in [-0.3, -0.25) is 4.79 Å². The number of hydrogen-bond donors (Lipinski definition) is 0. The average Bonchev–Trinajstić information content (AvgIpc) is 2.98. The number of halogens is 1. The van der Waals surface area contributed by atoms with Gasteiger partial charge in [-0.15, -0.1) is 11.8 Å². The molecule has 0 spiro atoms. The van der Waals surface area contributed by atoms with Crippen molar-refractivity contribution < 1.29 is 9.18 Å². The topological polar surface area (TPSA) is 17.1 Å². The first-order valence-electron chi connectivity index (χ1n) is 7.06. The molecule has 0 N–H and O–H groups in total. The van der Waals surface area contributed by atoms with Crippen LogP contribution in [0.15, 0.2) is 15.7 Å². The summed E-state index contributed by atoms with van der Waals surface area (Å²) in [5.74, 6) is 0.527. The van der Waals surface area contributed by atoms with Gasteiger partial charge in [-0.25, -0.2) is 4.39 Å². The summed E-state index contributed by atoms with van der Waals surface area (Å²) < 4.78 is 14.2. The van der Waals surface area contributed by atoms with Crippen LogP contribution >= 0.6 is 23.1 Å². The Morgan fingerprint density at radius 1 is 1.42 bits per heavy atom. The molecule has 1 aliphatic heterocycles. The molecule has 106 valence electrons. The summed E-state index contributed by atoms with van der Waals surface area (Å²) >= 11 is 2.94. The van der Waals surface area contributed by atoms with E-state index in [2.05, 4.69) is 13.8 Å². The molecule has 0 fully saturated rings. The highest BCUT2D eigenvalue weighted by atomic mass is 32.2. The van der Waals surface area contributed by atoms with Gasteiger partial charge in [0.25, 0.3) is 0 Å². The fourth-order valence-electron chi connectivity index (χ4n) is 2.52. The van der Waals surface area contributed by atoms with E-state index in [1.807, 2.05) is 10.8 Å². The van der Waals surface area contributed by atoms with Crippen molar-refractivity contribution in [2.45, 2.75) is 62.3 Å². The Morgan fingerprint density at radius 2 is 2.21 bits per heavy atom. The van der Waals surface area contributed by atoms with Crippen molar-refractivity contribution in [1.29, 1.82) is 0 Å². The van der Waals surface area contributed by atoms with Crippen LogP contribution < -0.4 is 0 Å². The smallest absolute Gasteiger partial charge is 0.149 e. The van der Waals surface area contributed by atoms with Crippen molar-refractivity contribution in [1.82, 2.24) is 0 Å². The molecule has 0 radical (unpaired) electrons. The van der Waals surface area contributed by atoms with E-state index < -0.39 is 11.4 Å². The second-order valence-electron chi connectivity index (χ2n) is 5.22. The minimum absolute atomic E-state index is 0.0988. The highest BCUT2D eigenvalue weighted by Crippen LogP contribution is 2.48. The lowest BCUT2D eigenvalue weighted by Gasteiger charge is -2.17. The second-order valence-corrected chi connectivity index (χ2v) is 7.15.